The van der Waals surface area contributed by atoms with Gasteiger partial charge < -0.3 is 9.47 Å². The summed E-state index contributed by atoms with van der Waals surface area (Å²) in [5.41, 5.74) is -0.503. The molecule has 92 valence electrons. The minimum Gasteiger partial charge on any atom is -0.486 e. The van der Waals surface area contributed by atoms with Crippen LogP contribution in [-0.2, 0) is 9.84 Å². The molecule has 1 aromatic carbocycles. The normalized spacial score (nSPS) is 14.4. The van der Waals surface area contributed by atoms with Gasteiger partial charge in [0, 0.05) is 12.3 Å². The molecule has 1 aliphatic heterocycles. The molecule has 0 aromatic heterocycles. The van der Waals surface area contributed by atoms with Gasteiger partial charge in [-0.2, -0.15) is 0 Å². The first-order valence-electron chi connectivity index (χ1n) is 4.68. The zero-order chi connectivity index (χ0) is 12.6. The Hall–Kier alpha value is -1.83. The van der Waals surface area contributed by atoms with Gasteiger partial charge in [-0.1, -0.05) is 0 Å². The van der Waals surface area contributed by atoms with E-state index in [-0.39, 0.29) is 24.7 Å². The minimum atomic E-state index is -3.77. The van der Waals surface area contributed by atoms with E-state index in [2.05, 4.69) is 0 Å². The van der Waals surface area contributed by atoms with E-state index < -0.39 is 25.3 Å². The number of rotatable bonds is 2. The molecule has 0 aliphatic carbocycles. The van der Waals surface area contributed by atoms with Crippen LogP contribution in [0.4, 0.5) is 5.69 Å². The maximum absolute atomic E-state index is 11.6. The summed E-state index contributed by atoms with van der Waals surface area (Å²) in [6.07, 6.45) is 0.896. The number of nitro benzene ring substituents is 1. The van der Waals surface area contributed by atoms with Crippen molar-refractivity contribution in [3.8, 4) is 11.5 Å². The Morgan fingerprint density at radius 1 is 1.29 bits per heavy atom. The molecule has 17 heavy (non-hydrogen) atoms. The van der Waals surface area contributed by atoms with Gasteiger partial charge in [0.2, 0.25) is 0 Å². The van der Waals surface area contributed by atoms with Crippen molar-refractivity contribution in [2.75, 3.05) is 19.5 Å². The topological polar surface area (TPSA) is 95.7 Å². The third-order valence-corrected chi connectivity index (χ3v) is 3.35. The molecule has 0 N–H and O–H groups in total. The fourth-order valence-corrected chi connectivity index (χ4v) is 2.60. The fraction of sp³-hybridized carbons (Fsp3) is 0.333. The number of nitrogens with zero attached hydrogens (tertiary/aromatic N) is 1. The molecule has 2 rings (SSSR count). The van der Waals surface area contributed by atoms with Crippen molar-refractivity contribution in [3.63, 3.8) is 0 Å². The zero-order valence-electron chi connectivity index (χ0n) is 8.87. The van der Waals surface area contributed by atoms with Crippen LogP contribution in [0.15, 0.2) is 17.0 Å². The summed E-state index contributed by atoms with van der Waals surface area (Å²) in [5, 5.41) is 10.8. The van der Waals surface area contributed by atoms with Gasteiger partial charge >= 0.3 is 0 Å². The van der Waals surface area contributed by atoms with Crippen molar-refractivity contribution >= 4 is 15.5 Å². The van der Waals surface area contributed by atoms with Crippen molar-refractivity contribution in [3.05, 3.63) is 22.2 Å². The van der Waals surface area contributed by atoms with Crippen LogP contribution in [0.1, 0.15) is 0 Å². The van der Waals surface area contributed by atoms with E-state index in [1.807, 2.05) is 0 Å². The highest BCUT2D eigenvalue weighted by Crippen LogP contribution is 2.41. The second kappa shape index (κ2) is 3.88. The summed E-state index contributed by atoms with van der Waals surface area (Å²) >= 11 is 0. The number of ether oxygens (including phenoxy) is 2. The van der Waals surface area contributed by atoms with E-state index in [1.165, 1.54) is 6.07 Å². The molecule has 0 atom stereocenters. The van der Waals surface area contributed by atoms with E-state index in [1.54, 1.807) is 0 Å². The van der Waals surface area contributed by atoms with Crippen LogP contribution in [-0.4, -0.2) is 32.8 Å². The van der Waals surface area contributed by atoms with Gasteiger partial charge in [-0.05, 0) is 6.07 Å². The lowest BCUT2D eigenvalue weighted by Crippen LogP contribution is -2.18. The number of sulfone groups is 1. The molecule has 0 amide bonds. The van der Waals surface area contributed by atoms with Gasteiger partial charge in [-0.3, -0.25) is 10.1 Å². The third-order valence-electron chi connectivity index (χ3n) is 2.21. The molecule has 0 saturated heterocycles. The van der Waals surface area contributed by atoms with Crippen molar-refractivity contribution in [1.82, 2.24) is 0 Å². The lowest BCUT2D eigenvalue weighted by Gasteiger charge is -2.20. The average Bonchev–Trinajstić information content (AvgIpc) is 2.26. The predicted octanol–water partition coefficient (Wildman–Crippen LogP) is 0.769. The van der Waals surface area contributed by atoms with Gasteiger partial charge in [0.1, 0.15) is 13.2 Å². The van der Waals surface area contributed by atoms with Crippen molar-refractivity contribution < 1.29 is 22.8 Å². The highest BCUT2D eigenvalue weighted by molar-refractivity contribution is 7.91. The maximum atomic E-state index is 11.6. The molecular weight excluding hydrogens is 250 g/mol. The highest BCUT2D eigenvalue weighted by Gasteiger charge is 2.31. The summed E-state index contributed by atoms with van der Waals surface area (Å²) < 4.78 is 33.5. The number of hydrogen-bond donors (Lipinski definition) is 0. The largest absolute Gasteiger partial charge is 0.486 e. The standard InChI is InChI=1S/C9H9NO6S/c1-17(13,14)9-6(10(11)12)2-3-7-8(9)16-5-4-15-7/h2-3H,4-5H2,1H3. The summed E-state index contributed by atoms with van der Waals surface area (Å²) in [7, 11) is -3.77. The summed E-state index contributed by atoms with van der Waals surface area (Å²) in [4.78, 5) is 9.61. The predicted molar refractivity (Wildman–Crippen MR) is 57.2 cm³/mol. The molecule has 8 heteroatoms. The first-order valence-corrected chi connectivity index (χ1v) is 6.57. The molecule has 1 aliphatic rings. The van der Waals surface area contributed by atoms with E-state index in [4.69, 9.17) is 9.47 Å². The molecule has 0 spiro atoms. The number of hydrogen-bond acceptors (Lipinski definition) is 6. The van der Waals surface area contributed by atoms with Crippen LogP contribution >= 0.6 is 0 Å². The van der Waals surface area contributed by atoms with Gasteiger partial charge in [0.05, 0.1) is 4.92 Å². The van der Waals surface area contributed by atoms with Gasteiger partial charge in [0.15, 0.2) is 26.2 Å². The minimum absolute atomic E-state index is 0.0760. The summed E-state index contributed by atoms with van der Waals surface area (Å²) in [6, 6.07) is 2.44. The fourth-order valence-electron chi connectivity index (χ4n) is 1.58. The summed E-state index contributed by atoms with van der Waals surface area (Å²) in [6.45, 7) is 0.449. The first-order chi connectivity index (χ1) is 7.91. The van der Waals surface area contributed by atoms with Crippen molar-refractivity contribution in [2.24, 2.45) is 0 Å². The Balaban J connectivity index is 2.78. The number of nitro groups is 1. The lowest BCUT2D eigenvalue weighted by atomic mass is 10.2. The molecule has 7 nitrogen and oxygen atoms in total. The molecule has 1 aromatic rings. The van der Waals surface area contributed by atoms with E-state index in [9.17, 15) is 18.5 Å². The Morgan fingerprint density at radius 3 is 2.53 bits per heavy atom. The average molecular weight is 259 g/mol. The van der Waals surface area contributed by atoms with Crippen molar-refractivity contribution in [2.45, 2.75) is 4.90 Å². The highest BCUT2D eigenvalue weighted by atomic mass is 32.2. The van der Waals surface area contributed by atoms with Crippen LogP contribution in [0, 0.1) is 10.1 Å². The Kier molecular flexibility index (Phi) is 2.66. The summed E-state index contributed by atoms with van der Waals surface area (Å²) in [5.74, 6) is 0.134. The second-order valence-electron chi connectivity index (χ2n) is 3.47. The number of fused-ring (bicyclic) bond motifs is 1. The van der Waals surface area contributed by atoms with Crippen LogP contribution in [0.25, 0.3) is 0 Å². The molecule has 0 saturated carbocycles. The molecular formula is C9H9NO6S. The molecule has 0 unspecified atom stereocenters. The molecule has 1 heterocycles. The second-order valence-corrected chi connectivity index (χ2v) is 5.42. The van der Waals surface area contributed by atoms with E-state index in [0.29, 0.717) is 0 Å². The zero-order valence-corrected chi connectivity index (χ0v) is 9.69. The van der Waals surface area contributed by atoms with Gasteiger partial charge in [-0.15, -0.1) is 0 Å². The lowest BCUT2D eigenvalue weighted by molar-refractivity contribution is -0.388. The smallest absolute Gasteiger partial charge is 0.292 e. The van der Waals surface area contributed by atoms with Crippen molar-refractivity contribution in [1.29, 1.82) is 0 Å². The van der Waals surface area contributed by atoms with Crippen LogP contribution in [0.5, 0.6) is 11.5 Å². The van der Waals surface area contributed by atoms with E-state index >= 15 is 0 Å². The molecule has 0 radical (unpaired) electrons. The Bertz CT molecular complexity index is 579. The quantitative estimate of drug-likeness (QED) is 0.575. The SMILES string of the molecule is CS(=O)(=O)c1c([N+](=O)[O-])ccc2c1OCCO2. The van der Waals surface area contributed by atoms with Crippen LogP contribution < -0.4 is 9.47 Å². The third kappa shape index (κ3) is 2.03. The molecule has 0 fully saturated rings. The van der Waals surface area contributed by atoms with Crippen LogP contribution in [0.2, 0.25) is 0 Å². The number of benzene rings is 1. The monoisotopic (exact) mass is 259 g/mol. The van der Waals surface area contributed by atoms with Crippen LogP contribution in [0.3, 0.4) is 0 Å². The van der Waals surface area contributed by atoms with Gasteiger partial charge in [0.25, 0.3) is 5.69 Å². The van der Waals surface area contributed by atoms with E-state index in [0.717, 1.165) is 12.3 Å². The molecule has 0 bridgehead atoms. The van der Waals surface area contributed by atoms with Gasteiger partial charge in [-0.25, -0.2) is 8.42 Å². The Morgan fingerprint density at radius 2 is 1.94 bits per heavy atom. The maximum Gasteiger partial charge on any atom is 0.292 e. The Labute approximate surface area is 97.0 Å². The first kappa shape index (κ1) is 11.6.